The van der Waals surface area contributed by atoms with Crippen LogP contribution >= 0.6 is 0 Å². The van der Waals surface area contributed by atoms with Gasteiger partial charge in [-0.1, -0.05) is 18.2 Å². The van der Waals surface area contributed by atoms with Gasteiger partial charge in [0, 0.05) is 25.8 Å². The van der Waals surface area contributed by atoms with Crippen molar-refractivity contribution in [3.8, 4) is 5.75 Å². The van der Waals surface area contributed by atoms with Crippen LogP contribution in [0.5, 0.6) is 5.75 Å². The number of carbonyl (C=O) groups excluding carboxylic acids is 1. The van der Waals surface area contributed by atoms with Gasteiger partial charge in [0.25, 0.3) is 0 Å². The molecule has 5 nitrogen and oxygen atoms in total. The number of hydrogen-bond acceptors (Lipinski definition) is 4. The Hall–Kier alpha value is -1.59. The summed E-state index contributed by atoms with van der Waals surface area (Å²) < 4.78 is 10.9. The van der Waals surface area contributed by atoms with Crippen LogP contribution in [0.4, 0.5) is 0 Å². The summed E-state index contributed by atoms with van der Waals surface area (Å²) in [4.78, 5) is 11.7. The topological polar surface area (TPSA) is 59.6 Å². The lowest BCUT2D eigenvalue weighted by Crippen LogP contribution is -2.35. The van der Waals surface area contributed by atoms with Crippen LogP contribution in [0.1, 0.15) is 24.8 Å². The van der Waals surface area contributed by atoms with E-state index in [-0.39, 0.29) is 5.91 Å². The van der Waals surface area contributed by atoms with Gasteiger partial charge in [-0.05, 0) is 25.3 Å². The molecule has 1 aromatic rings. The van der Waals surface area contributed by atoms with Crippen molar-refractivity contribution in [3.05, 3.63) is 29.8 Å². The van der Waals surface area contributed by atoms with Crippen LogP contribution in [0.25, 0.3) is 0 Å². The Morgan fingerprint density at radius 3 is 2.86 bits per heavy atom. The third-order valence-electron chi connectivity index (χ3n) is 3.56. The van der Waals surface area contributed by atoms with E-state index in [2.05, 4.69) is 10.6 Å². The fraction of sp³-hybridized carbons (Fsp3) is 0.562. The van der Waals surface area contributed by atoms with Crippen molar-refractivity contribution in [2.24, 2.45) is 0 Å². The third kappa shape index (κ3) is 5.36. The first-order chi connectivity index (χ1) is 10.3. The molecular formula is C16H24N2O3. The van der Waals surface area contributed by atoms with Crippen molar-refractivity contribution in [2.45, 2.75) is 31.9 Å². The number of amides is 1. The molecule has 2 rings (SSSR count). The summed E-state index contributed by atoms with van der Waals surface area (Å²) in [6, 6.07) is 7.89. The van der Waals surface area contributed by atoms with E-state index in [1.807, 2.05) is 24.3 Å². The Bertz CT molecular complexity index is 447. The molecule has 0 aromatic heterocycles. The molecule has 0 saturated heterocycles. The average Bonchev–Trinajstić information content (AvgIpc) is 2.46. The van der Waals surface area contributed by atoms with Gasteiger partial charge in [-0.15, -0.1) is 0 Å². The number of nitrogens with one attached hydrogen (secondary N) is 2. The predicted molar refractivity (Wildman–Crippen MR) is 81.3 cm³/mol. The fourth-order valence-electron chi connectivity index (χ4n) is 2.07. The predicted octanol–water partition coefficient (Wildman–Crippen LogP) is 1.47. The van der Waals surface area contributed by atoms with Gasteiger partial charge < -0.3 is 20.1 Å². The van der Waals surface area contributed by atoms with E-state index in [0.29, 0.717) is 32.3 Å². The van der Waals surface area contributed by atoms with Crippen molar-refractivity contribution in [2.75, 3.05) is 26.8 Å². The maximum absolute atomic E-state index is 11.7. The molecule has 1 fully saturated rings. The van der Waals surface area contributed by atoms with Crippen molar-refractivity contribution in [1.82, 2.24) is 10.6 Å². The Labute approximate surface area is 126 Å². The number of para-hydroxylation sites is 1. The van der Waals surface area contributed by atoms with E-state index in [1.54, 1.807) is 7.11 Å². The van der Waals surface area contributed by atoms with Crippen LogP contribution in [0.15, 0.2) is 24.3 Å². The zero-order valence-corrected chi connectivity index (χ0v) is 12.6. The number of hydrogen-bond donors (Lipinski definition) is 2. The minimum atomic E-state index is -0.0236. The van der Waals surface area contributed by atoms with Crippen LogP contribution in [0.3, 0.4) is 0 Å². The second-order valence-corrected chi connectivity index (χ2v) is 5.22. The van der Waals surface area contributed by atoms with E-state index < -0.39 is 0 Å². The van der Waals surface area contributed by atoms with Crippen LogP contribution < -0.4 is 15.4 Å². The minimum absolute atomic E-state index is 0.0236. The molecule has 1 aliphatic carbocycles. The zero-order valence-electron chi connectivity index (χ0n) is 12.6. The first-order valence-electron chi connectivity index (χ1n) is 7.50. The van der Waals surface area contributed by atoms with Gasteiger partial charge in [0.05, 0.1) is 19.3 Å². The molecular weight excluding hydrogens is 268 g/mol. The SMILES string of the molecule is COCCNCC(=O)NCc1ccccc1OC1CCC1. The second-order valence-electron chi connectivity index (χ2n) is 5.22. The summed E-state index contributed by atoms with van der Waals surface area (Å²) in [7, 11) is 1.64. The molecule has 21 heavy (non-hydrogen) atoms. The van der Waals surface area contributed by atoms with E-state index in [4.69, 9.17) is 9.47 Å². The van der Waals surface area contributed by atoms with Gasteiger partial charge in [-0.2, -0.15) is 0 Å². The Balaban J connectivity index is 1.75. The normalized spacial score (nSPS) is 14.5. The lowest BCUT2D eigenvalue weighted by Gasteiger charge is -2.27. The Morgan fingerprint density at radius 2 is 2.14 bits per heavy atom. The molecule has 2 N–H and O–H groups in total. The quantitative estimate of drug-likeness (QED) is 0.677. The molecule has 1 aliphatic rings. The first-order valence-corrected chi connectivity index (χ1v) is 7.50. The maximum Gasteiger partial charge on any atom is 0.234 e. The highest BCUT2D eigenvalue weighted by Crippen LogP contribution is 2.27. The standard InChI is InChI=1S/C16H24N2O3/c1-20-10-9-17-12-16(19)18-11-13-5-2-3-8-15(13)21-14-6-4-7-14/h2-3,5,8,14,17H,4,6-7,9-12H2,1H3,(H,18,19). The van der Waals surface area contributed by atoms with Gasteiger partial charge in [0.1, 0.15) is 5.75 Å². The van der Waals surface area contributed by atoms with Crippen LogP contribution in [0.2, 0.25) is 0 Å². The summed E-state index contributed by atoms with van der Waals surface area (Å²) in [5.74, 6) is 0.861. The molecule has 5 heteroatoms. The number of rotatable bonds is 9. The van der Waals surface area contributed by atoms with E-state index in [9.17, 15) is 4.79 Å². The molecule has 116 valence electrons. The average molecular weight is 292 g/mol. The van der Waals surface area contributed by atoms with Gasteiger partial charge in [-0.25, -0.2) is 0 Å². The van der Waals surface area contributed by atoms with Gasteiger partial charge in [0.15, 0.2) is 0 Å². The highest BCUT2D eigenvalue weighted by atomic mass is 16.5. The lowest BCUT2D eigenvalue weighted by molar-refractivity contribution is -0.120. The lowest BCUT2D eigenvalue weighted by atomic mass is 9.96. The highest BCUT2D eigenvalue weighted by molar-refractivity contribution is 5.78. The highest BCUT2D eigenvalue weighted by Gasteiger charge is 2.20. The van der Waals surface area contributed by atoms with Gasteiger partial charge in [-0.3, -0.25) is 4.79 Å². The van der Waals surface area contributed by atoms with E-state index in [0.717, 1.165) is 24.2 Å². The third-order valence-corrected chi connectivity index (χ3v) is 3.56. The van der Waals surface area contributed by atoms with Crippen LogP contribution in [0, 0.1) is 0 Å². The largest absolute Gasteiger partial charge is 0.490 e. The number of carbonyl (C=O) groups is 1. The fourth-order valence-corrected chi connectivity index (χ4v) is 2.07. The van der Waals surface area contributed by atoms with Crippen LogP contribution in [-0.4, -0.2) is 38.8 Å². The van der Waals surface area contributed by atoms with Crippen molar-refractivity contribution in [1.29, 1.82) is 0 Å². The van der Waals surface area contributed by atoms with Crippen molar-refractivity contribution < 1.29 is 14.3 Å². The van der Waals surface area contributed by atoms with E-state index >= 15 is 0 Å². The summed E-state index contributed by atoms with van der Waals surface area (Å²) in [5.41, 5.74) is 1.02. The molecule has 0 radical (unpaired) electrons. The monoisotopic (exact) mass is 292 g/mol. The molecule has 0 atom stereocenters. The number of ether oxygens (including phenoxy) is 2. The summed E-state index contributed by atoms with van der Waals surface area (Å²) in [6.45, 7) is 2.07. The summed E-state index contributed by atoms with van der Waals surface area (Å²) in [6.07, 6.45) is 3.85. The molecule has 1 aromatic carbocycles. The minimum Gasteiger partial charge on any atom is -0.490 e. The molecule has 0 aliphatic heterocycles. The Kier molecular flexibility index (Phi) is 6.50. The number of methoxy groups -OCH3 is 1. The second kappa shape index (κ2) is 8.64. The molecule has 0 bridgehead atoms. The molecule has 0 heterocycles. The Morgan fingerprint density at radius 1 is 1.33 bits per heavy atom. The summed E-state index contributed by atoms with van der Waals surface area (Å²) in [5, 5.41) is 5.92. The van der Waals surface area contributed by atoms with Gasteiger partial charge in [0.2, 0.25) is 5.91 Å². The van der Waals surface area contributed by atoms with Crippen molar-refractivity contribution >= 4 is 5.91 Å². The molecule has 0 unspecified atom stereocenters. The smallest absolute Gasteiger partial charge is 0.234 e. The summed E-state index contributed by atoms with van der Waals surface area (Å²) >= 11 is 0. The molecule has 0 spiro atoms. The zero-order chi connectivity index (χ0) is 14.9. The van der Waals surface area contributed by atoms with Crippen molar-refractivity contribution in [3.63, 3.8) is 0 Å². The number of benzene rings is 1. The van der Waals surface area contributed by atoms with E-state index in [1.165, 1.54) is 6.42 Å². The molecule has 1 saturated carbocycles. The first kappa shape index (κ1) is 15.8. The van der Waals surface area contributed by atoms with Crippen LogP contribution in [-0.2, 0) is 16.1 Å². The maximum atomic E-state index is 11.7. The molecule has 1 amide bonds. The van der Waals surface area contributed by atoms with Gasteiger partial charge >= 0.3 is 0 Å².